The highest BCUT2D eigenvalue weighted by Gasteiger charge is 2.24. The first-order valence-corrected chi connectivity index (χ1v) is 5.06. The van der Waals surface area contributed by atoms with Crippen LogP contribution in [0.5, 0.6) is 5.75 Å². The highest BCUT2D eigenvalue weighted by Crippen LogP contribution is 2.36. The Bertz CT molecular complexity index is 679. The Hall–Kier alpha value is -3.91. The molecule has 1 heterocycles. The van der Waals surface area contributed by atoms with Crippen LogP contribution in [0.25, 0.3) is 0 Å². The first-order valence-electron chi connectivity index (χ1n) is 5.06. The van der Waals surface area contributed by atoms with Crippen LogP contribution in [0.2, 0.25) is 0 Å². The fraction of sp³-hybridized carbons (Fsp3) is 0. The summed E-state index contributed by atoms with van der Waals surface area (Å²) >= 11 is 0. The number of hydrogen-bond donors (Lipinski definition) is 2. The van der Waals surface area contributed by atoms with Crippen molar-refractivity contribution in [3.8, 4) is 5.75 Å². The van der Waals surface area contributed by atoms with E-state index in [9.17, 15) is 35.4 Å². The molecule has 22 heavy (non-hydrogen) atoms. The summed E-state index contributed by atoms with van der Waals surface area (Å²) in [6.07, 6.45) is 0. The Kier molecular flexibility index (Phi) is 4.77. The molecule has 2 rings (SSSR count). The highest BCUT2D eigenvalue weighted by molar-refractivity contribution is 5.63. The van der Waals surface area contributed by atoms with Gasteiger partial charge in [0.2, 0.25) is 0 Å². The van der Waals surface area contributed by atoms with Crippen molar-refractivity contribution in [2.75, 3.05) is 5.73 Å². The summed E-state index contributed by atoms with van der Waals surface area (Å²) < 4.78 is 0. The summed E-state index contributed by atoms with van der Waals surface area (Å²) in [6.45, 7) is 0. The molecule has 0 atom stereocenters. The molecule has 2 aromatic rings. The number of tetrazole rings is 1. The molecule has 0 aliphatic rings. The summed E-state index contributed by atoms with van der Waals surface area (Å²) in [6, 6.07) is 0.769. The van der Waals surface area contributed by atoms with Crippen molar-refractivity contribution in [3.05, 3.63) is 42.5 Å². The van der Waals surface area contributed by atoms with Crippen LogP contribution in [0.15, 0.2) is 12.1 Å². The van der Waals surface area contributed by atoms with Crippen LogP contribution in [0, 0.1) is 30.3 Å². The molecule has 0 spiro atoms. The number of rotatable bonds is 3. The Labute approximate surface area is 118 Å². The molecule has 0 saturated carbocycles. The zero-order chi connectivity index (χ0) is 16.9. The summed E-state index contributed by atoms with van der Waals surface area (Å²) in [7, 11) is 0. The fourth-order valence-corrected chi connectivity index (χ4v) is 1.15. The van der Waals surface area contributed by atoms with E-state index in [0.29, 0.717) is 18.1 Å². The Morgan fingerprint density at radius 3 is 1.77 bits per heavy atom. The number of hydrogen-bond acceptors (Lipinski definition) is 10. The normalized spacial score (nSPS) is 9.45. The lowest BCUT2D eigenvalue weighted by Gasteiger charge is -2.06. The Balaban J connectivity index is 0.000000335. The van der Waals surface area contributed by atoms with Gasteiger partial charge in [0.05, 0.1) is 37.8 Å². The maximum Gasteiger partial charge on any atom is 0.394 e. The Morgan fingerprint density at radius 1 is 1.05 bits per heavy atom. The van der Waals surface area contributed by atoms with Gasteiger partial charge in [-0.05, 0) is 0 Å². The number of benzene rings is 1. The van der Waals surface area contributed by atoms with Crippen molar-refractivity contribution < 1.29 is 25.0 Å². The maximum absolute atomic E-state index is 11.1. The van der Waals surface area contributed by atoms with Gasteiger partial charge in [-0.2, -0.15) is 5.10 Å². The molecule has 116 valence electrons. The van der Waals surface area contributed by atoms with Crippen LogP contribution in [0.3, 0.4) is 0 Å². The van der Waals surface area contributed by atoms with E-state index in [1.165, 1.54) is 0 Å². The van der Waals surface area contributed by atoms with E-state index in [2.05, 4.69) is 20.6 Å². The van der Waals surface area contributed by atoms with Crippen molar-refractivity contribution in [2.24, 2.45) is 0 Å². The fourth-order valence-electron chi connectivity index (χ4n) is 1.15. The summed E-state index contributed by atoms with van der Waals surface area (Å²) in [5, 5.41) is 53.5. The lowest BCUT2D eigenvalue weighted by Crippen LogP contribution is -2.07. The molecule has 1 aromatic heterocycles. The minimum absolute atomic E-state index is 0.301. The summed E-state index contributed by atoms with van der Waals surface area (Å²) in [4.78, 5) is 27.5. The summed E-state index contributed by atoms with van der Waals surface area (Å²) in [5.41, 5.74) is 1.75. The van der Waals surface area contributed by atoms with Crippen LogP contribution in [-0.4, -0.2) is 30.3 Å². The SMILES string of the molecule is Nc1nn[nH][nH+]1.O=[N+]([O-])c1cc([N+](=O)[O-])c([O-])c([N+](=O)[O-])c1. The molecule has 0 bridgehead atoms. The average Bonchev–Trinajstić information content (AvgIpc) is 2.89. The van der Waals surface area contributed by atoms with Crippen molar-refractivity contribution in [2.45, 2.75) is 0 Å². The van der Waals surface area contributed by atoms with Gasteiger partial charge in [-0.1, -0.05) is 0 Å². The number of nitrogens with two attached hydrogens (primary N) is 1. The molecule has 4 N–H and O–H groups in total. The Morgan fingerprint density at radius 2 is 1.55 bits per heavy atom. The molecule has 0 fully saturated rings. The molecule has 0 aliphatic carbocycles. The van der Waals surface area contributed by atoms with Crippen LogP contribution < -0.4 is 15.9 Å². The standard InChI is InChI=1S/C6H3N3O7.CH3N5/c10-6-4(8(13)14)1-3(7(11)12)2-5(6)9(15)16;2-1-3-5-6-4-1/h1-2,10H;(H3,2,3,4,5,6). The van der Waals surface area contributed by atoms with E-state index in [-0.39, 0.29) is 0 Å². The molecule has 0 aliphatic heterocycles. The van der Waals surface area contributed by atoms with Gasteiger partial charge in [-0.3, -0.25) is 30.3 Å². The quantitative estimate of drug-likeness (QED) is 0.500. The second-order valence-electron chi connectivity index (χ2n) is 3.41. The minimum atomic E-state index is -1.46. The van der Waals surface area contributed by atoms with E-state index in [0.717, 1.165) is 0 Å². The van der Waals surface area contributed by atoms with E-state index >= 15 is 0 Å². The largest absolute Gasteiger partial charge is 0.863 e. The topological polar surface area (TPSA) is 234 Å². The third-order valence-corrected chi connectivity index (χ3v) is 2.03. The van der Waals surface area contributed by atoms with Gasteiger partial charge >= 0.3 is 5.95 Å². The number of nitrogens with zero attached hydrogens (tertiary/aromatic N) is 5. The highest BCUT2D eigenvalue weighted by atomic mass is 16.6. The van der Waals surface area contributed by atoms with Crippen LogP contribution in [-0.2, 0) is 0 Å². The van der Waals surface area contributed by atoms with Gasteiger partial charge in [0, 0.05) is 0 Å². The third-order valence-electron chi connectivity index (χ3n) is 2.03. The molecule has 15 heteroatoms. The third kappa shape index (κ3) is 3.79. The predicted molar refractivity (Wildman–Crippen MR) is 63.2 cm³/mol. The summed E-state index contributed by atoms with van der Waals surface area (Å²) in [5.74, 6) is -1.16. The number of non-ortho nitro benzene ring substituents is 1. The number of nitrogen functional groups attached to an aromatic ring is 1. The lowest BCUT2D eigenvalue weighted by molar-refractivity contribution is -0.440. The number of anilines is 1. The minimum Gasteiger partial charge on any atom is -0.863 e. The molecule has 0 unspecified atom stereocenters. The van der Waals surface area contributed by atoms with E-state index < -0.39 is 37.6 Å². The molecule has 15 nitrogen and oxygen atoms in total. The zero-order valence-corrected chi connectivity index (χ0v) is 10.3. The van der Waals surface area contributed by atoms with Crippen molar-refractivity contribution in [1.82, 2.24) is 15.5 Å². The number of H-pyrrole nitrogens is 2. The van der Waals surface area contributed by atoms with Gasteiger partial charge < -0.3 is 10.8 Å². The number of nitro benzene ring substituents is 3. The van der Waals surface area contributed by atoms with Gasteiger partial charge in [-0.25, -0.2) is 0 Å². The molecule has 0 radical (unpaired) electrons. The van der Waals surface area contributed by atoms with Crippen molar-refractivity contribution in [1.29, 1.82) is 0 Å². The second-order valence-corrected chi connectivity index (χ2v) is 3.41. The first-order chi connectivity index (χ1) is 10.2. The van der Waals surface area contributed by atoms with Gasteiger partial charge in [0.25, 0.3) is 17.1 Å². The number of nitro groups is 3. The molecular formula is C7H6N8O7. The van der Waals surface area contributed by atoms with E-state index in [1.54, 1.807) is 0 Å². The van der Waals surface area contributed by atoms with Crippen molar-refractivity contribution >= 4 is 23.0 Å². The number of aromatic amines is 2. The van der Waals surface area contributed by atoms with Crippen LogP contribution in [0.4, 0.5) is 23.0 Å². The molecule has 0 amide bonds. The molecule has 1 aromatic carbocycles. The van der Waals surface area contributed by atoms with Crippen molar-refractivity contribution in [3.63, 3.8) is 0 Å². The average molecular weight is 314 g/mol. The molecule has 0 saturated heterocycles. The zero-order valence-electron chi connectivity index (χ0n) is 10.3. The monoisotopic (exact) mass is 314 g/mol. The maximum atomic E-state index is 11.1. The van der Waals surface area contributed by atoms with Gasteiger partial charge in [0.1, 0.15) is 5.21 Å². The second kappa shape index (κ2) is 6.50. The van der Waals surface area contributed by atoms with E-state index in [1.807, 2.05) is 0 Å². The predicted octanol–water partition coefficient (Wildman–Crippen LogP) is -1.31. The number of aromatic nitrogens is 4. The van der Waals surface area contributed by atoms with E-state index in [4.69, 9.17) is 5.73 Å². The lowest BCUT2D eigenvalue weighted by atomic mass is 10.2. The van der Waals surface area contributed by atoms with Crippen LogP contribution in [0.1, 0.15) is 0 Å². The smallest absolute Gasteiger partial charge is 0.394 e. The van der Waals surface area contributed by atoms with Gasteiger partial charge in [-0.15, -0.1) is 5.21 Å². The van der Waals surface area contributed by atoms with Gasteiger partial charge in [0.15, 0.2) is 0 Å². The number of nitrogens with one attached hydrogen (secondary N) is 2. The first kappa shape index (κ1) is 16.1. The molecular weight excluding hydrogens is 308 g/mol. The van der Waals surface area contributed by atoms with Crippen LogP contribution >= 0.6 is 0 Å².